The highest BCUT2D eigenvalue weighted by atomic mass is 35.5. The molecular weight excluding hydrogens is 475 g/mol. The predicted octanol–water partition coefficient (Wildman–Crippen LogP) is 4.51. The molecule has 190 valence electrons. The van der Waals surface area contributed by atoms with Crippen LogP contribution in [-0.2, 0) is 4.79 Å². The Kier molecular flexibility index (Phi) is 7.54. The number of hydrogen-bond donors (Lipinski definition) is 1. The molecule has 2 aromatic heterocycles. The van der Waals surface area contributed by atoms with E-state index in [-0.39, 0.29) is 36.3 Å². The molecule has 4 rings (SSSR count). The van der Waals surface area contributed by atoms with Crippen LogP contribution in [0.5, 0.6) is 11.8 Å². The van der Waals surface area contributed by atoms with Gasteiger partial charge >= 0.3 is 5.97 Å². The van der Waals surface area contributed by atoms with Crippen LogP contribution in [0.3, 0.4) is 0 Å². The van der Waals surface area contributed by atoms with Crippen molar-refractivity contribution >= 4 is 28.9 Å². The van der Waals surface area contributed by atoms with Gasteiger partial charge in [0.1, 0.15) is 6.10 Å². The van der Waals surface area contributed by atoms with Crippen LogP contribution in [-0.4, -0.2) is 59.9 Å². The van der Waals surface area contributed by atoms with Gasteiger partial charge in [-0.2, -0.15) is 0 Å². The first-order valence-corrected chi connectivity index (χ1v) is 12.3. The molecule has 2 saturated heterocycles. The lowest BCUT2D eigenvalue weighted by Gasteiger charge is -2.38. The zero-order valence-corrected chi connectivity index (χ0v) is 21.2. The van der Waals surface area contributed by atoms with Gasteiger partial charge in [0.2, 0.25) is 5.88 Å². The second-order valence-corrected chi connectivity index (χ2v) is 10.1. The van der Waals surface area contributed by atoms with Crippen LogP contribution >= 0.6 is 11.6 Å². The number of ether oxygens (including phenoxy) is 2. The number of carboxylic acid groups (broad SMARTS) is 1. The smallest absolute Gasteiger partial charge is 0.305 e. The van der Waals surface area contributed by atoms with Crippen molar-refractivity contribution in [1.82, 2.24) is 9.97 Å². The molecule has 0 spiro atoms. The highest BCUT2D eigenvalue weighted by molar-refractivity contribution is 6.33. The van der Waals surface area contributed by atoms with E-state index in [0.29, 0.717) is 48.6 Å². The van der Waals surface area contributed by atoms with E-state index in [1.54, 1.807) is 19.5 Å². The Morgan fingerprint density at radius 2 is 1.97 bits per heavy atom. The molecule has 0 bridgehead atoms. The van der Waals surface area contributed by atoms with E-state index in [0.717, 1.165) is 5.69 Å². The number of aromatic nitrogens is 2. The van der Waals surface area contributed by atoms with E-state index >= 15 is 4.39 Å². The quantitative estimate of drug-likeness (QED) is 0.587. The standard InChI is InChI=1S/C25H32ClFN4O4/c1-14-13-31(20(16(14)3)9-24(32)33)17-7-19(27)25(29-10-17)35-22-5-6-30(12-15(22)2)21-8-23(34-4)28-11-18(21)26/h7-8,10-11,14-16,20,22H,5-6,9,12-13H2,1-4H3,(H,32,33)/t14-,15?,16+,20-,22?/m0/s1. The molecule has 0 amide bonds. The molecule has 8 nitrogen and oxygen atoms in total. The number of anilines is 2. The third-order valence-electron chi connectivity index (χ3n) is 7.35. The van der Waals surface area contributed by atoms with Crippen molar-refractivity contribution in [3.05, 3.63) is 35.4 Å². The largest absolute Gasteiger partial charge is 0.481 e. The summed E-state index contributed by atoms with van der Waals surface area (Å²) in [6, 6.07) is 3.02. The molecule has 2 fully saturated rings. The Labute approximate surface area is 210 Å². The summed E-state index contributed by atoms with van der Waals surface area (Å²) >= 11 is 6.36. The van der Waals surface area contributed by atoms with Gasteiger partial charge in [-0.1, -0.05) is 32.4 Å². The van der Waals surface area contributed by atoms with E-state index < -0.39 is 11.8 Å². The zero-order chi connectivity index (χ0) is 25.3. The Balaban J connectivity index is 1.44. The maximum atomic E-state index is 15.1. The van der Waals surface area contributed by atoms with Gasteiger partial charge in [-0.15, -0.1) is 0 Å². The van der Waals surface area contributed by atoms with Crippen LogP contribution in [0.4, 0.5) is 15.8 Å². The number of methoxy groups -OCH3 is 1. The first-order chi connectivity index (χ1) is 16.7. The third-order valence-corrected chi connectivity index (χ3v) is 7.64. The molecule has 5 atom stereocenters. The Hall–Kier alpha value is -2.81. The van der Waals surface area contributed by atoms with Crippen molar-refractivity contribution in [2.75, 3.05) is 36.5 Å². The van der Waals surface area contributed by atoms with Gasteiger partial charge in [0.05, 0.1) is 42.3 Å². The Bertz CT molecular complexity index is 1070. The molecule has 2 unspecified atom stereocenters. The topological polar surface area (TPSA) is 88.0 Å². The molecule has 2 aliphatic rings. The maximum Gasteiger partial charge on any atom is 0.305 e. The SMILES string of the molecule is COc1cc(N2CCC(Oc3ncc(N4C[C@H](C)[C@@H](C)[C@@H]4CC(=O)O)cc3F)C(C)C2)c(Cl)cn1. The Morgan fingerprint density at radius 3 is 2.63 bits per heavy atom. The van der Waals surface area contributed by atoms with Crippen molar-refractivity contribution in [3.63, 3.8) is 0 Å². The van der Waals surface area contributed by atoms with E-state index in [2.05, 4.69) is 28.7 Å². The Morgan fingerprint density at radius 1 is 1.20 bits per heavy atom. The van der Waals surface area contributed by atoms with Gasteiger partial charge in [0.15, 0.2) is 5.82 Å². The minimum Gasteiger partial charge on any atom is -0.481 e. The molecule has 0 saturated carbocycles. The number of carbonyl (C=O) groups is 1. The number of rotatable bonds is 7. The van der Waals surface area contributed by atoms with Crippen molar-refractivity contribution in [2.24, 2.45) is 17.8 Å². The summed E-state index contributed by atoms with van der Waals surface area (Å²) in [5, 5.41) is 9.87. The van der Waals surface area contributed by atoms with E-state index in [1.165, 1.54) is 6.07 Å². The zero-order valence-electron chi connectivity index (χ0n) is 20.4. The molecule has 0 aromatic carbocycles. The molecule has 0 radical (unpaired) electrons. The fourth-order valence-electron chi connectivity index (χ4n) is 5.13. The molecule has 1 N–H and O–H groups in total. The van der Waals surface area contributed by atoms with Crippen LogP contribution in [0.2, 0.25) is 5.02 Å². The summed E-state index contributed by atoms with van der Waals surface area (Å²) in [4.78, 5) is 23.9. The number of piperidine rings is 1. The molecule has 4 heterocycles. The number of aliphatic carboxylic acids is 1. The van der Waals surface area contributed by atoms with Crippen LogP contribution in [0.15, 0.2) is 24.5 Å². The third kappa shape index (κ3) is 5.39. The fourth-order valence-corrected chi connectivity index (χ4v) is 5.35. The van der Waals surface area contributed by atoms with Gasteiger partial charge in [0, 0.05) is 50.1 Å². The highest BCUT2D eigenvalue weighted by Gasteiger charge is 2.38. The van der Waals surface area contributed by atoms with Gasteiger partial charge < -0.3 is 24.4 Å². The van der Waals surface area contributed by atoms with Gasteiger partial charge in [-0.05, 0) is 11.8 Å². The molecular formula is C25H32ClFN4O4. The number of hydrogen-bond acceptors (Lipinski definition) is 7. The molecule has 2 aromatic rings. The summed E-state index contributed by atoms with van der Waals surface area (Å²) in [7, 11) is 1.56. The van der Waals surface area contributed by atoms with Crippen LogP contribution < -0.4 is 19.3 Å². The predicted molar refractivity (Wildman–Crippen MR) is 132 cm³/mol. The first-order valence-electron chi connectivity index (χ1n) is 11.9. The van der Waals surface area contributed by atoms with Gasteiger partial charge in [-0.25, -0.2) is 14.4 Å². The summed E-state index contributed by atoms with van der Waals surface area (Å²) in [6.07, 6.45) is 3.64. The summed E-state index contributed by atoms with van der Waals surface area (Å²) in [5.74, 6) is -0.350. The number of halogens is 2. The minimum absolute atomic E-state index is 0.00876. The van der Waals surface area contributed by atoms with Crippen LogP contribution in [0.1, 0.15) is 33.6 Å². The average Bonchev–Trinajstić information content (AvgIpc) is 3.10. The van der Waals surface area contributed by atoms with Crippen molar-refractivity contribution in [3.8, 4) is 11.8 Å². The van der Waals surface area contributed by atoms with Crippen LogP contribution in [0.25, 0.3) is 0 Å². The van der Waals surface area contributed by atoms with E-state index in [1.807, 2.05) is 17.9 Å². The molecule has 2 aliphatic heterocycles. The second-order valence-electron chi connectivity index (χ2n) is 9.68. The summed E-state index contributed by atoms with van der Waals surface area (Å²) < 4.78 is 26.3. The number of pyridine rings is 2. The van der Waals surface area contributed by atoms with Crippen molar-refractivity contribution < 1.29 is 23.8 Å². The van der Waals surface area contributed by atoms with Crippen LogP contribution in [0, 0.1) is 23.6 Å². The van der Waals surface area contributed by atoms with E-state index in [4.69, 9.17) is 21.1 Å². The molecule has 0 aliphatic carbocycles. The van der Waals surface area contributed by atoms with Gasteiger partial charge in [0.25, 0.3) is 5.88 Å². The number of nitrogens with zero attached hydrogens (tertiary/aromatic N) is 4. The molecule has 10 heteroatoms. The lowest BCUT2D eigenvalue weighted by Crippen LogP contribution is -2.44. The fraction of sp³-hybridized carbons (Fsp3) is 0.560. The van der Waals surface area contributed by atoms with Crippen molar-refractivity contribution in [2.45, 2.75) is 45.8 Å². The molecule has 35 heavy (non-hydrogen) atoms. The van der Waals surface area contributed by atoms with Crippen molar-refractivity contribution in [1.29, 1.82) is 0 Å². The monoisotopic (exact) mass is 506 g/mol. The summed E-state index contributed by atoms with van der Waals surface area (Å²) in [5.41, 5.74) is 1.43. The second kappa shape index (κ2) is 10.4. The van der Waals surface area contributed by atoms with Gasteiger partial charge in [-0.3, -0.25) is 4.79 Å². The normalized spacial score (nSPS) is 26.6. The lowest BCUT2D eigenvalue weighted by atomic mass is 9.92. The first kappa shape index (κ1) is 25.3. The average molecular weight is 507 g/mol. The number of carboxylic acids is 1. The van der Waals surface area contributed by atoms with E-state index in [9.17, 15) is 9.90 Å². The lowest BCUT2D eigenvalue weighted by molar-refractivity contribution is -0.137. The minimum atomic E-state index is -0.860. The summed E-state index contributed by atoms with van der Waals surface area (Å²) in [6.45, 7) is 8.21. The highest BCUT2D eigenvalue weighted by Crippen LogP contribution is 2.37. The maximum absolute atomic E-state index is 15.1.